The molecule has 0 spiro atoms. The van der Waals surface area contributed by atoms with Gasteiger partial charge < -0.3 is 5.32 Å². The van der Waals surface area contributed by atoms with Crippen LogP contribution in [0, 0.1) is 6.92 Å². The molecule has 0 aliphatic carbocycles. The van der Waals surface area contributed by atoms with Gasteiger partial charge in [0.1, 0.15) is 0 Å². The van der Waals surface area contributed by atoms with E-state index < -0.39 is 15.4 Å². The molecule has 0 atom stereocenters. The average Bonchev–Trinajstić information content (AvgIpc) is 3.15. The van der Waals surface area contributed by atoms with Gasteiger partial charge in [0.05, 0.1) is 21.4 Å². The molecule has 3 aromatic rings. The van der Waals surface area contributed by atoms with Crippen LogP contribution in [0.25, 0.3) is 10.2 Å². The van der Waals surface area contributed by atoms with E-state index in [2.05, 4.69) is 16.4 Å². The lowest BCUT2D eigenvalue weighted by atomic mass is 9.72. The molecule has 1 fully saturated rings. The zero-order chi connectivity index (χ0) is 21.4. The topological polar surface area (TPSA) is 79.4 Å². The molecule has 1 aromatic heterocycles. The number of anilines is 1. The number of carbonyl (C=O) groups is 1. The van der Waals surface area contributed by atoms with Gasteiger partial charge in [0.25, 0.3) is 0 Å². The molecule has 4 rings (SSSR count). The average molecular weight is 444 g/mol. The number of rotatable bonds is 5. The van der Waals surface area contributed by atoms with Crippen molar-refractivity contribution in [3.63, 3.8) is 0 Å². The van der Waals surface area contributed by atoms with Gasteiger partial charge in [0.2, 0.25) is 15.9 Å². The SMILES string of the molecule is CCS(=O)(=O)N1CCC(C(=O)Nc2nc3ccc(C)cc3s2)(c2ccccc2)CC1. The normalized spacial score (nSPS) is 17.1. The molecule has 0 radical (unpaired) electrons. The Kier molecular flexibility index (Phi) is 5.65. The first-order valence-corrected chi connectivity index (χ1v) is 12.5. The Morgan fingerprint density at radius 3 is 2.53 bits per heavy atom. The molecule has 1 aliphatic rings. The van der Waals surface area contributed by atoms with Crippen LogP contribution in [-0.4, -0.2) is 42.5 Å². The predicted octanol–water partition coefficient (Wildman–Crippen LogP) is 3.93. The molecule has 158 valence electrons. The maximum Gasteiger partial charge on any atom is 0.236 e. The van der Waals surface area contributed by atoms with E-state index in [1.165, 1.54) is 15.6 Å². The predicted molar refractivity (Wildman–Crippen MR) is 121 cm³/mol. The van der Waals surface area contributed by atoms with Crippen LogP contribution in [0.2, 0.25) is 0 Å². The van der Waals surface area contributed by atoms with Gasteiger partial charge in [-0.3, -0.25) is 4.79 Å². The summed E-state index contributed by atoms with van der Waals surface area (Å²) >= 11 is 1.46. The second-order valence-corrected chi connectivity index (χ2v) is 11.0. The highest BCUT2D eigenvalue weighted by Crippen LogP contribution is 2.38. The van der Waals surface area contributed by atoms with Crippen LogP contribution in [0.1, 0.15) is 30.9 Å². The third-order valence-electron chi connectivity index (χ3n) is 5.86. The lowest BCUT2D eigenvalue weighted by Crippen LogP contribution is -2.51. The van der Waals surface area contributed by atoms with E-state index in [4.69, 9.17) is 0 Å². The van der Waals surface area contributed by atoms with E-state index in [1.54, 1.807) is 6.92 Å². The molecule has 1 aliphatic heterocycles. The fourth-order valence-electron chi connectivity index (χ4n) is 4.03. The van der Waals surface area contributed by atoms with E-state index >= 15 is 0 Å². The van der Waals surface area contributed by atoms with Crippen molar-refractivity contribution >= 4 is 42.6 Å². The molecule has 6 nitrogen and oxygen atoms in total. The fourth-order valence-corrected chi connectivity index (χ4v) is 6.10. The van der Waals surface area contributed by atoms with Crippen LogP contribution >= 0.6 is 11.3 Å². The van der Waals surface area contributed by atoms with Crippen molar-refractivity contribution < 1.29 is 13.2 Å². The lowest BCUT2D eigenvalue weighted by molar-refractivity contribution is -0.123. The molecule has 1 saturated heterocycles. The minimum absolute atomic E-state index is 0.0721. The van der Waals surface area contributed by atoms with Crippen LogP contribution < -0.4 is 5.32 Å². The molecular formula is C22H25N3O3S2. The molecule has 0 unspecified atom stereocenters. The standard InChI is InChI=1S/C22H25N3O3S2/c1-3-30(27,28)25-13-11-22(12-14-25,17-7-5-4-6-8-17)20(26)24-21-23-18-10-9-16(2)15-19(18)29-21/h4-10,15H,3,11-14H2,1-2H3,(H,23,24,26). The number of hydrogen-bond donors (Lipinski definition) is 1. The number of sulfonamides is 1. The molecular weight excluding hydrogens is 418 g/mol. The number of benzene rings is 2. The van der Waals surface area contributed by atoms with Crippen molar-refractivity contribution in [1.82, 2.24) is 9.29 Å². The van der Waals surface area contributed by atoms with E-state index in [-0.39, 0.29) is 11.7 Å². The van der Waals surface area contributed by atoms with E-state index in [9.17, 15) is 13.2 Å². The van der Waals surface area contributed by atoms with E-state index in [0.717, 1.165) is 21.3 Å². The molecule has 0 bridgehead atoms. The molecule has 0 saturated carbocycles. The maximum absolute atomic E-state index is 13.5. The molecule has 1 amide bonds. The van der Waals surface area contributed by atoms with E-state index in [0.29, 0.717) is 31.1 Å². The molecule has 30 heavy (non-hydrogen) atoms. The molecule has 8 heteroatoms. The number of hydrogen-bond acceptors (Lipinski definition) is 5. The Balaban J connectivity index is 1.64. The van der Waals surface area contributed by atoms with Crippen LogP contribution in [0.3, 0.4) is 0 Å². The van der Waals surface area contributed by atoms with Crippen LogP contribution in [0.15, 0.2) is 48.5 Å². The molecule has 1 N–H and O–H groups in total. The zero-order valence-corrected chi connectivity index (χ0v) is 18.7. The van der Waals surface area contributed by atoms with Crippen LogP contribution in [-0.2, 0) is 20.2 Å². The quantitative estimate of drug-likeness (QED) is 0.648. The van der Waals surface area contributed by atoms with Gasteiger partial charge in [-0.15, -0.1) is 0 Å². The van der Waals surface area contributed by atoms with Crippen molar-refractivity contribution in [1.29, 1.82) is 0 Å². The number of thiazole rings is 1. The number of aromatic nitrogens is 1. The number of nitrogens with zero attached hydrogens (tertiary/aromatic N) is 2. The van der Waals surface area contributed by atoms with Gasteiger partial charge in [-0.2, -0.15) is 0 Å². The number of carbonyl (C=O) groups excluding carboxylic acids is 1. The zero-order valence-electron chi connectivity index (χ0n) is 17.1. The number of nitrogens with one attached hydrogen (secondary N) is 1. The first kappa shape index (κ1) is 21.0. The first-order chi connectivity index (χ1) is 14.3. The lowest BCUT2D eigenvalue weighted by Gasteiger charge is -2.40. The maximum atomic E-state index is 13.5. The van der Waals surface area contributed by atoms with Crippen molar-refractivity contribution in [2.24, 2.45) is 0 Å². The van der Waals surface area contributed by atoms with Gasteiger partial charge in [-0.05, 0) is 49.9 Å². The first-order valence-electron chi connectivity index (χ1n) is 10.1. The largest absolute Gasteiger partial charge is 0.301 e. The second-order valence-electron chi connectivity index (χ2n) is 7.69. The minimum atomic E-state index is -3.27. The summed E-state index contributed by atoms with van der Waals surface area (Å²) in [6, 6.07) is 15.7. The van der Waals surface area contributed by atoms with Gasteiger partial charge >= 0.3 is 0 Å². The third-order valence-corrected chi connectivity index (χ3v) is 8.67. The highest BCUT2D eigenvalue weighted by molar-refractivity contribution is 7.89. The number of aryl methyl sites for hydroxylation is 1. The van der Waals surface area contributed by atoms with Gasteiger partial charge in [0.15, 0.2) is 5.13 Å². The highest BCUT2D eigenvalue weighted by Gasteiger charge is 2.44. The molecule has 2 aromatic carbocycles. The summed E-state index contributed by atoms with van der Waals surface area (Å²) in [7, 11) is -3.27. The Hall–Kier alpha value is -2.29. The fraction of sp³-hybridized carbons (Fsp3) is 0.364. The van der Waals surface area contributed by atoms with Crippen molar-refractivity contribution in [2.75, 3.05) is 24.2 Å². The van der Waals surface area contributed by atoms with Crippen LogP contribution in [0.4, 0.5) is 5.13 Å². The summed E-state index contributed by atoms with van der Waals surface area (Å²) in [5.74, 6) is -0.0548. The molecule has 2 heterocycles. The third kappa shape index (κ3) is 3.87. The number of fused-ring (bicyclic) bond motifs is 1. The summed E-state index contributed by atoms with van der Waals surface area (Å²) < 4.78 is 27.1. The summed E-state index contributed by atoms with van der Waals surface area (Å²) in [6.07, 6.45) is 0.873. The van der Waals surface area contributed by atoms with Gasteiger partial charge in [0, 0.05) is 13.1 Å². The monoisotopic (exact) mass is 443 g/mol. The second kappa shape index (κ2) is 8.09. The summed E-state index contributed by atoms with van der Waals surface area (Å²) in [5.41, 5.74) is 2.13. The Morgan fingerprint density at radius 2 is 1.87 bits per heavy atom. The summed E-state index contributed by atoms with van der Waals surface area (Å²) in [5, 5.41) is 3.60. The Labute approximate surface area is 181 Å². The highest BCUT2D eigenvalue weighted by atomic mass is 32.2. The summed E-state index contributed by atoms with van der Waals surface area (Å²) in [6.45, 7) is 4.34. The van der Waals surface area contributed by atoms with Gasteiger partial charge in [-0.25, -0.2) is 17.7 Å². The van der Waals surface area contributed by atoms with E-state index in [1.807, 2.05) is 49.4 Å². The smallest absolute Gasteiger partial charge is 0.236 e. The number of piperidine rings is 1. The Morgan fingerprint density at radius 1 is 1.17 bits per heavy atom. The van der Waals surface area contributed by atoms with Crippen molar-refractivity contribution in [3.05, 3.63) is 59.7 Å². The Bertz CT molecular complexity index is 1160. The minimum Gasteiger partial charge on any atom is -0.301 e. The van der Waals surface area contributed by atoms with Crippen molar-refractivity contribution in [3.8, 4) is 0 Å². The van der Waals surface area contributed by atoms with Crippen molar-refractivity contribution in [2.45, 2.75) is 32.1 Å². The number of amides is 1. The summed E-state index contributed by atoms with van der Waals surface area (Å²) in [4.78, 5) is 18.1. The van der Waals surface area contributed by atoms with Gasteiger partial charge in [-0.1, -0.05) is 47.7 Å². The van der Waals surface area contributed by atoms with Crippen LogP contribution in [0.5, 0.6) is 0 Å².